The highest BCUT2D eigenvalue weighted by molar-refractivity contribution is 6.03. The molecule has 4 heteroatoms. The fourth-order valence-corrected chi connectivity index (χ4v) is 4.81. The first-order valence-corrected chi connectivity index (χ1v) is 11.9. The van der Waals surface area contributed by atoms with Crippen molar-refractivity contribution >= 4 is 27.7 Å². The number of nitriles is 1. The number of fused-ring (bicyclic) bond motifs is 2. The SMILES string of the molecule is Cc1ccccc1C(=O)n1ccc2ccc(-c3ccc4ccn(Cc5ccc(C#N)cc5)c4c3)cc21. The molecule has 0 aliphatic heterocycles. The van der Waals surface area contributed by atoms with Crippen molar-refractivity contribution in [3.05, 3.63) is 132 Å². The van der Waals surface area contributed by atoms with Crippen LogP contribution in [-0.2, 0) is 6.54 Å². The Labute approximate surface area is 209 Å². The van der Waals surface area contributed by atoms with E-state index in [-0.39, 0.29) is 5.91 Å². The Kier molecular flexibility index (Phi) is 5.24. The number of benzene rings is 4. The van der Waals surface area contributed by atoms with E-state index in [4.69, 9.17) is 5.26 Å². The molecule has 0 unspecified atom stereocenters. The molecule has 0 aliphatic carbocycles. The molecule has 0 fully saturated rings. The molecule has 0 aliphatic rings. The lowest BCUT2D eigenvalue weighted by atomic mass is 10.0. The maximum Gasteiger partial charge on any atom is 0.262 e. The van der Waals surface area contributed by atoms with Crippen LogP contribution < -0.4 is 0 Å². The molecular weight excluding hydrogens is 442 g/mol. The maximum absolute atomic E-state index is 13.3. The molecule has 36 heavy (non-hydrogen) atoms. The quantitative estimate of drug-likeness (QED) is 0.277. The average molecular weight is 466 g/mol. The van der Waals surface area contributed by atoms with E-state index in [1.54, 1.807) is 4.57 Å². The number of carbonyl (C=O) groups is 1. The Balaban J connectivity index is 1.38. The van der Waals surface area contributed by atoms with E-state index in [2.05, 4.69) is 59.3 Å². The number of aryl methyl sites for hydroxylation is 1. The van der Waals surface area contributed by atoms with Crippen LogP contribution in [0.4, 0.5) is 0 Å². The standard InChI is InChI=1S/C32H23N3O/c1-22-4-2-3-5-29(22)32(36)35-17-15-26-11-13-28(19-31(26)35)27-12-10-25-14-16-34(30(25)18-27)21-24-8-6-23(20-33)7-9-24/h2-19H,21H2,1H3. The van der Waals surface area contributed by atoms with Gasteiger partial charge in [0.2, 0.25) is 0 Å². The van der Waals surface area contributed by atoms with Crippen LogP contribution in [0, 0.1) is 18.3 Å². The summed E-state index contributed by atoms with van der Waals surface area (Å²) in [6.45, 7) is 2.69. The number of rotatable bonds is 4. The van der Waals surface area contributed by atoms with Crippen LogP contribution in [0.25, 0.3) is 32.9 Å². The van der Waals surface area contributed by atoms with Crippen LogP contribution in [0.1, 0.15) is 27.0 Å². The third-order valence-electron chi connectivity index (χ3n) is 6.83. The summed E-state index contributed by atoms with van der Waals surface area (Å²) < 4.78 is 3.97. The fourth-order valence-electron chi connectivity index (χ4n) is 4.81. The third-order valence-corrected chi connectivity index (χ3v) is 6.83. The molecule has 0 saturated carbocycles. The number of carbonyl (C=O) groups excluding carboxylic acids is 1. The lowest BCUT2D eigenvalue weighted by Crippen LogP contribution is -2.12. The Hall–Kier alpha value is -4.88. The predicted molar refractivity (Wildman–Crippen MR) is 144 cm³/mol. The van der Waals surface area contributed by atoms with Gasteiger partial charge >= 0.3 is 0 Å². The molecule has 2 aromatic heterocycles. The highest BCUT2D eigenvalue weighted by Crippen LogP contribution is 2.29. The van der Waals surface area contributed by atoms with Gasteiger partial charge in [0.15, 0.2) is 0 Å². The summed E-state index contributed by atoms with van der Waals surface area (Å²) in [5, 5.41) is 11.3. The molecule has 0 atom stereocenters. The lowest BCUT2D eigenvalue weighted by molar-refractivity contribution is 0.0964. The van der Waals surface area contributed by atoms with E-state index < -0.39 is 0 Å². The molecule has 0 saturated heterocycles. The van der Waals surface area contributed by atoms with E-state index >= 15 is 0 Å². The van der Waals surface area contributed by atoms with Crippen molar-refractivity contribution in [1.82, 2.24) is 9.13 Å². The van der Waals surface area contributed by atoms with Gasteiger partial charge in [-0.3, -0.25) is 9.36 Å². The van der Waals surface area contributed by atoms with Gasteiger partial charge < -0.3 is 4.57 Å². The van der Waals surface area contributed by atoms with E-state index in [1.807, 2.05) is 67.7 Å². The van der Waals surface area contributed by atoms with Crippen molar-refractivity contribution in [2.24, 2.45) is 0 Å². The van der Waals surface area contributed by atoms with Crippen LogP contribution >= 0.6 is 0 Å². The molecule has 4 aromatic carbocycles. The summed E-state index contributed by atoms with van der Waals surface area (Å²) in [4.78, 5) is 13.3. The van der Waals surface area contributed by atoms with Crippen molar-refractivity contribution < 1.29 is 4.79 Å². The second-order valence-corrected chi connectivity index (χ2v) is 9.11. The zero-order valence-electron chi connectivity index (χ0n) is 19.8. The van der Waals surface area contributed by atoms with Crippen LogP contribution in [-0.4, -0.2) is 15.0 Å². The van der Waals surface area contributed by atoms with Gasteiger partial charge in [-0.2, -0.15) is 5.26 Å². The van der Waals surface area contributed by atoms with E-state index in [0.717, 1.165) is 45.2 Å². The smallest absolute Gasteiger partial charge is 0.262 e. The number of nitrogens with zero attached hydrogens (tertiary/aromatic N) is 3. The van der Waals surface area contributed by atoms with Gasteiger partial charge in [-0.25, -0.2) is 0 Å². The summed E-state index contributed by atoms with van der Waals surface area (Å²) >= 11 is 0. The molecule has 0 spiro atoms. The second-order valence-electron chi connectivity index (χ2n) is 9.11. The zero-order valence-corrected chi connectivity index (χ0v) is 19.8. The summed E-state index contributed by atoms with van der Waals surface area (Å²) in [5.41, 5.74) is 7.69. The molecule has 0 amide bonds. The molecule has 6 aromatic rings. The van der Waals surface area contributed by atoms with Crippen LogP contribution in [0.15, 0.2) is 109 Å². The lowest BCUT2D eigenvalue weighted by Gasteiger charge is -2.10. The Morgan fingerprint density at radius 3 is 2.17 bits per heavy atom. The van der Waals surface area contributed by atoms with Gasteiger partial charge in [0.25, 0.3) is 5.91 Å². The number of hydrogen-bond donors (Lipinski definition) is 0. The summed E-state index contributed by atoms with van der Waals surface area (Å²) in [6.07, 6.45) is 3.96. The summed E-state index contributed by atoms with van der Waals surface area (Å²) in [7, 11) is 0. The van der Waals surface area contributed by atoms with Gasteiger partial charge in [-0.15, -0.1) is 0 Å². The molecular formula is C32H23N3O. The van der Waals surface area contributed by atoms with Gasteiger partial charge in [0.1, 0.15) is 0 Å². The van der Waals surface area contributed by atoms with E-state index in [9.17, 15) is 4.79 Å². The maximum atomic E-state index is 13.3. The minimum absolute atomic E-state index is 0.0213. The van der Waals surface area contributed by atoms with Crippen molar-refractivity contribution in [3.63, 3.8) is 0 Å². The van der Waals surface area contributed by atoms with Gasteiger partial charge in [-0.1, -0.05) is 54.6 Å². The molecule has 2 heterocycles. The minimum Gasteiger partial charge on any atom is -0.343 e. The largest absolute Gasteiger partial charge is 0.343 e. The topological polar surface area (TPSA) is 50.7 Å². The second kappa shape index (κ2) is 8.72. The Morgan fingerprint density at radius 1 is 0.778 bits per heavy atom. The first kappa shape index (κ1) is 21.6. The minimum atomic E-state index is -0.0213. The molecule has 6 rings (SSSR count). The van der Waals surface area contributed by atoms with Crippen molar-refractivity contribution in [2.45, 2.75) is 13.5 Å². The van der Waals surface area contributed by atoms with Crippen LogP contribution in [0.5, 0.6) is 0 Å². The summed E-state index contributed by atoms with van der Waals surface area (Å²) in [5.74, 6) is -0.0213. The number of hydrogen-bond acceptors (Lipinski definition) is 2. The normalized spacial score (nSPS) is 11.1. The Bertz CT molecular complexity index is 1800. The summed E-state index contributed by atoms with van der Waals surface area (Å²) in [6, 6.07) is 34.5. The predicted octanol–water partition coefficient (Wildman–Crippen LogP) is 7.18. The Morgan fingerprint density at radius 2 is 1.44 bits per heavy atom. The van der Waals surface area contributed by atoms with E-state index in [1.165, 1.54) is 5.39 Å². The third kappa shape index (κ3) is 3.77. The van der Waals surface area contributed by atoms with E-state index in [0.29, 0.717) is 11.1 Å². The van der Waals surface area contributed by atoms with Gasteiger partial charge in [0.05, 0.1) is 17.1 Å². The fraction of sp³-hybridized carbons (Fsp3) is 0.0625. The van der Waals surface area contributed by atoms with Crippen molar-refractivity contribution in [2.75, 3.05) is 0 Å². The number of aromatic nitrogens is 2. The zero-order chi connectivity index (χ0) is 24.6. The van der Waals surface area contributed by atoms with Crippen molar-refractivity contribution in [1.29, 1.82) is 5.26 Å². The monoisotopic (exact) mass is 465 g/mol. The van der Waals surface area contributed by atoms with Gasteiger partial charge in [-0.05, 0) is 77.0 Å². The highest BCUT2D eigenvalue weighted by atomic mass is 16.2. The molecule has 0 N–H and O–H groups in total. The van der Waals surface area contributed by atoms with Crippen molar-refractivity contribution in [3.8, 4) is 17.2 Å². The molecule has 4 nitrogen and oxygen atoms in total. The average Bonchev–Trinajstić information content (AvgIpc) is 3.52. The van der Waals surface area contributed by atoms with Gasteiger partial charge in [0, 0.05) is 35.4 Å². The molecule has 172 valence electrons. The van der Waals surface area contributed by atoms with Crippen LogP contribution in [0.3, 0.4) is 0 Å². The molecule has 0 bridgehead atoms. The first-order valence-electron chi connectivity index (χ1n) is 11.9. The van der Waals surface area contributed by atoms with Crippen LogP contribution in [0.2, 0.25) is 0 Å². The molecule has 0 radical (unpaired) electrons. The highest BCUT2D eigenvalue weighted by Gasteiger charge is 2.14. The first-order chi connectivity index (χ1) is 17.6.